The number of nitrogens with zero attached hydrogens (tertiary/aromatic N) is 2. The van der Waals surface area contributed by atoms with Crippen LogP contribution >= 0.6 is 11.8 Å². The molecule has 2 aromatic heterocycles. The first-order valence-electron chi connectivity index (χ1n) is 7.24. The van der Waals surface area contributed by atoms with Gasteiger partial charge in [-0.2, -0.15) is 11.8 Å². The fourth-order valence-corrected chi connectivity index (χ4v) is 3.18. The summed E-state index contributed by atoms with van der Waals surface area (Å²) >= 11 is 1.78. The Morgan fingerprint density at radius 2 is 1.73 bits per heavy atom. The van der Waals surface area contributed by atoms with Gasteiger partial charge >= 0.3 is 0 Å². The average Bonchev–Trinajstić information content (AvgIpc) is 2.50. The minimum absolute atomic E-state index is 0.0142. The minimum Gasteiger partial charge on any atom is -0.269 e. The van der Waals surface area contributed by atoms with Crippen LogP contribution in [0.15, 0.2) is 53.5 Å². The van der Waals surface area contributed by atoms with Crippen LogP contribution in [0.1, 0.15) is 22.4 Å². The van der Waals surface area contributed by atoms with E-state index in [0.717, 1.165) is 22.8 Å². The zero-order valence-electron chi connectivity index (χ0n) is 12.7. The largest absolute Gasteiger partial charge is 0.269 e. The van der Waals surface area contributed by atoms with Crippen LogP contribution in [-0.2, 0) is 11.5 Å². The Morgan fingerprint density at radius 3 is 2.50 bits per heavy atom. The summed E-state index contributed by atoms with van der Waals surface area (Å²) < 4.78 is 1.60. The second-order valence-electron chi connectivity index (χ2n) is 5.50. The fourth-order valence-electron chi connectivity index (χ4n) is 2.29. The van der Waals surface area contributed by atoms with Crippen LogP contribution in [0.5, 0.6) is 0 Å². The highest BCUT2D eigenvalue weighted by Gasteiger charge is 2.03. The first kappa shape index (κ1) is 14.9. The molecule has 0 unspecified atom stereocenters. The van der Waals surface area contributed by atoms with Crippen molar-refractivity contribution in [2.24, 2.45) is 0 Å². The molecule has 4 heteroatoms. The van der Waals surface area contributed by atoms with Crippen molar-refractivity contribution in [2.45, 2.75) is 25.4 Å². The van der Waals surface area contributed by atoms with Gasteiger partial charge in [0, 0.05) is 23.8 Å². The van der Waals surface area contributed by atoms with E-state index in [1.165, 1.54) is 11.1 Å². The van der Waals surface area contributed by atoms with Crippen molar-refractivity contribution in [3.8, 4) is 0 Å². The quantitative estimate of drug-likeness (QED) is 0.736. The molecule has 22 heavy (non-hydrogen) atoms. The summed E-state index contributed by atoms with van der Waals surface area (Å²) in [5.74, 6) is 1.67. The van der Waals surface area contributed by atoms with Gasteiger partial charge in [0.1, 0.15) is 5.65 Å². The van der Waals surface area contributed by atoms with Gasteiger partial charge in [-0.25, -0.2) is 4.98 Å². The van der Waals surface area contributed by atoms with Gasteiger partial charge < -0.3 is 0 Å². The van der Waals surface area contributed by atoms with Crippen LogP contribution in [0.4, 0.5) is 0 Å². The van der Waals surface area contributed by atoms with E-state index in [0.29, 0.717) is 5.65 Å². The lowest BCUT2D eigenvalue weighted by Crippen LogP contribution is -2.15. The van der Waals surface area contributed by atoms with E-state index in [1.54, 1.807) is 22.2 Å². The first-order valence-corrected chi connectivity index (χ1v) is 8.39. The maximum absolute atomic E-state index is 12.1. The standard InChI is InChI=1S/C18H18N2OS/c1-13-3-6-15(7-4-13)11-22-12-16-9-18(21)20-10-14(2)5-8-17(20)19-16/h3-10H,11-12H2,1-2H3. The Balaban J connectivity index is 1.73. The third-order valence-electron chi connectivity index (χ3n) is 3.50. The fraction of sp³-hybridized carbons (Fsp3) is 0.222. The Morgan fingerprint density at radius 1 is 1.00 bits per heavy atom. The molecule has 0 fully saturated rings. The normalized spacial score (nSPS) is 11.0. The Kier molecular flexibility index (Phi) is 4.29. The minimum atomic E-state index is -0.0142. The molecule has 0 radical (unpaired) electrons. The summed E-state index contributed by atoms with van der Waals surface area (Å²) in [7, 11) is 0. The molecule has 3 nitrogen and oxygen atoms in total. The molecule has 0 aliphatic rings. The van der Waals surface area contributed by atoms with E-state index in [-0.39, 0.29) is 5.56 Å². The van der Waals surface area contributed by atoms with Crippen molar-refractivity contribution in [3.05, 3.63) is 81.4 Å². The van der Waals surface area contributed by atoms with E-state index < -0.39 is 0 Å². The highest BCUT2D eigenvalue weighted by Crippen LogP contribution is 2.17. The number of benzene rings is 1. The van der Waals surface area contributed by atoms with E-state index in [9.17, 15) is 4.79 Å². The number of pyridine rings is 1. The molecule has 0 saturated carbocycles. The molecule has 1 aromatic carbocycles. The highest BCUT2D eigenvalue weighted by molar-refractivity contribution is 7.97. The summed E-state index contributed by atoms with van der Waals surface area (Å²) in [6, 6.07) is 14.0. The number of hydrogen-bond donors (Lipinski definition) is 0. The molecule has 112 valence electrons. The first-order chi connectivity index (χ1) is 10.6. The number of fused-ring (bicyclic) bond motifs is 1. The number of thioether (sulfide) groups is 1. The molecule has 0 aliphatic heterocycles. The van der Waals surface area contributed by atoms with Gasteiger partial charge in [0.2, 0.25) is 0 Å². The van der Waals surface area contributed by atoms with Crippen LogP contribution < -0.4 is 5.56 Å². The van der Waals surface area contributed by atoms with Gasteiger partial charge in [-0.05, 0) is 31.0 Å². The van der Waals surface area contributed by atoms with Gasteiger partial charge in [0.05, 0.1) is 5.69 Å². The molecular weight excluding hydrogens is 292 g/mol. The Bertz CT molecular complexity index is 853. The number of aryl methyl sites for hydroxylation is 2. The summed E-state index contributed by atoms with van der Waals surface area (Å²) in [5.41, 5.74) is 5.16. The summed E-state index contributed by atoms with van der Waals surface area (Å²) in [4.78, 5) is 16.7. The van der Waals surface area contributed by atoms with Crippen molar-refractivity contribution in [1.82, 2.24) is 9.38 Å². The molecule has 0 N–H and O–H groups in total. The number of hydrogen-bond acceptors (Lipinski definition) is 3. The maximum atomic E-state index is 12.1. The van der Waals surface area contributed by atoms with Gasteiger partial charge in [-0.3, -0.25) is 9.20 Å². The average molecular weight is 310 g/mol. The molecule has 0 spiro atoms. The molecule has 0 bridgehead atoms. The lowest BCUT2D eigenvalue weighted by atomic mass is 10.2. The van der Waals surface area contributed by atoms with Gasteiger partial charge in [-0.1, -0.05) is 35.9 Å². The third-order valence-corrected chi connectivity index (χ3v) is 4.54. The number of aromatic nitrogens is 2. The Hall–Kier alpha value is -2.07. The Labute approximate surface area is 134 Å². The van der Waals surface area contributed by atoms with Crippen molar-refractivity contribution in [2.75, 3.05) is 0 Å². The van der Waals surface area contributed by atoms with E-state index >= 15 is 0 Å². The zero-order chi connectivity index (χ0) is 15.5. The molecule has 0 amide bonds. The maximum Gasteiger partial charge on any atom is 0.258 e. The lowest BCUT2D eigenvalue weighted by Gasteiger charge is -2.05. The SMILES string of the molecule is Cc1ccc(CSCc2cc(=O)n3cc(C)ccc3n2)cc1. The van der Waals surface area contributed by atoms with Crippen LogP contribution in [-0.4, -0.2) is 9.38 Å². The van der Waals surface area contributed by atoms with Gasteiger partial charge in [0.15, 0.2) is 0 Å². The second-order valence-corrected chi connectivity index (χ2v) is 6.48. The summed E-state index contributed by atoms with van der Waals surface area (Å²) in [6.45, 7) is 4.06. The van der Waals surface area contributed by atoms with E-state index in [2.05, 4.69) is 36.2 Å². The van der Waals surface area contributed by atoms with E-state index in [1.807, 2.05) is 25.3 Å². The van der Waals surface area contributed by atoms with Gasteiger partial charge in [0.25, 0.3) is 5.56 Å². The van der Waals surface area contributed by atoms with E-state index in [4.69, 9.17) is 0 Å². The zero-order valence-corrected chi connectivity index (χ0v) is 13.6. The molecule has 0 aliphatic carbocycles. The van der Waals surface area contributed by atoms with Crippen LogP contribution in [0, 0.1) is 13.8 Å². The topological polar surface area (TPSA) is 34.4 Å². The molecule has 2 heterocycles. The van der Waals surface area contributed by atoms with Crippen molar-refractivity contribution in [3.63, 3.8) is 0 Å². The monoisotopic (exact) mass is 310 g/mol. The molecular formula is C18H18N2OS. The van der Waals surface area contributed by atoms with Crippen molar-refractivity contribution < 1.29 is 0 Å². The highest BCUT2D eigenvalue weighted by atomic mass is 32.2. The second kappa shape index (κ2) is 6.36. The predicted octanol–water partition coefficient (Wildman–Crippen LogP) is 3.74. The van der Waals surface area contributed by atoms with Crippen molar-refractivity contribution >= 4 is 17.4 Å². The lowest BCUT2D eigenvalue weighted by molar-refractivity contribution is 1.00. The predicted molar refractivity (Wildman–Crippen MR) is 92.4 cm³/mol. The molecule has 3 rings (SSSR count). The van der Waals surface area contributed by atoms with Crippen LogP contribution in [0.2, 0.25) is 0 Å². The van der Waals surface area contributed by atoms with Gasteiger partial charge in [-0.15, -0.1) is 0 Å². The third kappa shape index (κ3) is 3.39. The molecule has 0 saturated heterocycles. The summed E-state index contributed by atoms with van der Waals surface area (Å²) in [6.07, 6.45) is 1.83. The van der Waals surface area contributed by atoms with Crippen molar-refractivity contribution in [1.29, 1.82) is 0 Å². The van der Waals surface area contributed by atoms with Crippen LogP contribution in [0.3, 0.4) is 0 Å². The molecule has 3 aromatic rings. The summed E-state index contributed by atoms with van der Waals surface area (Å²) in [5, 5.41) is 0. The smallest absolute Gasteiger partial charge is 0.258 e. The molecule has 0 atom stereocenters. The van der Waals surface area contributed by atoms with Crippen LogP contribution in [0.25, 0.3) is 5.65 Å². The number of rotatable bonds is 4.